The smallest absolute Gasteiger partial charge is 0.243 e. The maximum atomic E-state index is 12.9. The van der Waals surface area contributed by atoms with E-state index in [9.17, 15) is 13.2 Å². The van der Waals surface area contributed by atoms with E-state index in [2.05, 4.69) is 5.32 Å². The fourth-order valence-electron chi connectivity index (χ4n) is 5.26. The first-order chi connectivity index (χ1) is 13.3. The second kappa shape index (κ2) is 7.76. The van der Waals surface area contributed by atoms with Gasteiger partial charge in [0.2, 0.25) is 15.9 Å². The molecule has 0 spiro atoms. The third-order valence-electron chi connectivity index (χ3n) is 6.49. The Bertz CT molecular complexity index is 813. The molecule has 28 heavy (non-hydrogen) atoms. The molecular formula is C21H30N2O4S. The highest BCUT2D eigenvalue weighted by atomic mass is 32.2. The third-order valence-corrected chi connectivity index (χ3v) is 8.34. The van der Waals surface area contributed by atoms with Gasteiger partial charge in [0.15, 0.2) is 0 Å². The Labute approximate surface area is 167 Å². The highest BCUT2D eigenvalue weighted by Crippen LogP contribution is 2.49. The van der Waals surface area contributed by atoms with Gasteiger partial charge in [-0.15, -0.1) is 0 Å². The van der Waals surface area contributed by atoms with Crippen molar-refractivity contribution >= 4 is 21.6 Å². The van der Waals surface area contributed by atoms with Gasteiger partial charge in [-0.05, 0) is 75.1 Å². The lowest BCUT2D eigenvalue weighted by Gasteiger charge is -2.34. The number of sulfonamides is 1. The van der Waals surface area contributed by atoms with Crippen LogP contribution in [0, 0.1) is 17.8 Å². The number of fused-ring (bicyclic) bond motifs is 2. The number of carbonyl (C=O) groups is 1. The summed E-state index contributed by atoms with van der Waals surface area (Å²) >= 11 is 0. The number of hydrogen-bond donors (Lipinski definition) is 1. The van der Waals surface area contributed by atoms with E-state index in [1.807, 2.05) is 13.8 Å². The van der Waals surface area contributed by atoms with E-state index in [1.54, 1.807) is 24.3 Å². The Hall–Kier alpha value is -1.44. The second-order valence-corrected chi connectivity index (χ2v) is 10.7. The van der Waals surface area contributed by atoms with Crippen LogP contribution in [0.2, 0.25) is 0 Å². The molecule has 3 fully saturated rings. The van der Waals surface area contributed by atoms with Gasteiger partial charge in [0.1, 0.15) is 0 Å². The van der Waals surface area contributed by atoms with Gasteiger partial charge in [-0.25, -0.2) is 8.42 Å². The molecular weight excluding hydrogens is 376 g/mol. The fourth-order valence-corrected chi connectivity index (χ4v) is 6.85. The van der Waals surface area contributed by atoms with E-state index in [0.717, 1.165) is 11.8 Å². The number of anilines is 1. The molecule has 1 amide bonds. The van der Waals surface area contributed by atoms with Gasteiger partial charge in [0, 0.05) is 25.2 Å². The lowest BCUT2D eigenvalue weighted by atomic mass is 9.86. The molecule has 1 aromatic carbocycles. The highest BCUT2D eigenvalue weighted by Gasteiger charge is 2.40. The minimum Gasteiger partial charge on any atom is -0.373 e. The standard InChI is InChI=1S/C21H30N2O4S/c1-14-12-23(13-15(2)27-14)28(25,26)20-7-5-19(6-8-20)22-21(24)11-18-10-16-3-4-17(18)9-16/h5-8,14-18H,3-4,9-13H2,1-2H3,(H,22,24)/t14-,15+,16-,17-,18+/m0/s1. The first-order valence-corrected chi connectivity index (χ1v) is 11.8. The number of nitrogens with zero attached hydrogens (tertiary/aromatic N) is 1. The largest absolute Gasteiger partial charge is 0.373 e. The number of morpholine rings is 1. The fraction of sp³-hybridized carbons (Fsp3) is 0.667. The number of benzene rings is 1. The lowest BCUT2D eigenvalue weighted by Crippen LogP contribution is -2.48. The summed E-state index contributed by atoms with van der Waals surface area (Å²) in [7, 11) is -3.56. The van der Waals surface area contributed by atoms with Crippen molar-refractivity contribution in [3.05, 3.63) is 24.3 Å². The number of amides is 1. The summed E-state index contributed by atoms with van der Waals surface area (Å²) in [6.45, 7) is 4.48. The van der Waals surface area contributed by atoms with Gasteiger partial charge in [-0.2, -0.15) is 4.31 Å². The van der Waals surface area contributed by atoms with Crippen LogP contribution >= 0.6 is 0 Å². The number of hydrogen-bond acceptors (Lipinski definition) is 4. The highest BCUT2D eigenvalue weighted by molar-refractivity contribution is 7.89. The minimum absolute atomic E-state index is 0.0315. The first kappa shape index (κ1) is 19.9. The molecule has 5 atom stereocenters. The first-order valence-electron chi connectivity index (χ1n) is 10.4. The Kier molecular flexibility index (Phi) is 5.51. The maximum absolute atomic E-state index is 12.9. The molecule has 0 radical (unpaired) electrons. The minimum atomic E-state index is -3.56. The van der Waals surface area contributed by atoms with Gasteiger partial charge in [0.25, 0.3) is 0 Å². The van der Waals surface area contributed by atoms with Crippen LogP contribution < -0.4 is 5.32 Å². The second-order valence-electron chi connectivity index (χ2n) is 8.79. The predicted molar refractivity (Wildman–Crippen MR) is 107 cm³/mol. The Morgan fingerprint density at radius 1 is 1.11 bits per heavy atom. The van der Waals surface area contributed by atoms with Crippen LogP contribution in [0.15, 0.2) is 29.2 Å². The summed E-state index contributed by atoms with van der Waals surface area (Å²) < 4.78 is 32.9. The van der Waals surface area contributed by atoms with Crippen LogP contribution in [0.1, 0.15) is 46.0 Å². The molecule has 0 aromatic heterocycles. The van der Waals surface area contributed by atoms with Gasteiger partial charge < -0.3 is 10.1 Å². The Balaban J connectivity index is 1.37. The zero-order valence-electron chi connectivity index (χ0n) is 16.6. The van der Waals surface area contributed by atoms with Crippen LogP contribution in [0.3, 0.4) is 0 Å². The Morgan fingerprint density at radius 2 is 1.79 bits per heavy atom. The zero-order valence-corrected chi connectivity index (χ0v) is 17.5. The van der Waals surface area contributed by atoms with E-state index in [-0.39, 0.29) is 23.0 Å². The van der Waals surface area contributed by atoms with Gasteiger partial charge in [-0.3, -0.25) is 4.79 Å². The maximum Gasteiger partial charge on any atom is 0.243 e. The third kappa shape index (κ3) is 4.11. The molecule has 1 aliphatic heterocycles. The topological polar surface area (TPSA) is 75.7 Å². The van der Waals surface area contributed by atoms with Gasteiger partial charge >= 0.3 is 0 Å². The number of rotatable bonds is 5. The van der Waals surface area contributed by atoms with Crippen LogP contribution in [-0.4, -0.2) is 43.9 Å². The molecule has 2 bridgehead atoms. The van der Waals surface area contributed by atoms with Gasteiger partial charge in [-0.1, -0.05) is 6.42 Å². The summed E-state index contributed by atoms with van der Waals surface area (Å²) in [5.41, 5.74) is 0.649. The van der Waals surface area contributed by atoms with Crippen molar-refractivity contribution in [2.24, 2.45) is 17.8 Å². The molecule has 154 valence electrons. The molecule has 1 N–H and O–H groups in total. The van der Waals surface area contributed by atoms with Gasteiger partial charge in [0.05, 0.1) is 17.1 Å². The molecule has 7 heteroatoms. The van der Waals surface area contributed by atoms with Crippen LogP contribution in [0.25, 0.3) is 0 Å². The van der Waals surface area contributed by atoms with E-state index >= 15 is 0 Å². The van der Waals surface area contributed by atoms with E-state index in [0.29, 0.717) is 31.1 Å². The number of ether oxygens (including phenoxy) is 1. The molecule has 1 saturated heterocycles. The molecule has 1 heterocycles. The number of nitrogens with one attached hydrogen (secondary N) is 1. The normalized spacial score (nSPS) is 33.1. The summed E-state index contributed by atoms with van der Waals surface area (Å²) in [5, 5.41) is 2.93. The van der Waals surface area contributed by atoms with Crippen LogP contribution in [-0.2, 0) is 19.6 Å². The Morgan fingerprint density at radius 3 is 2.36 bits per heavy atom. The quantitative estimate of drug-likeness (QED) is 0.814. The molecule has 4 rings (SSSR count). The SMILES string of the molecule is C[C@@H]1CN(S(=O)(=O)c2ccc(NC(=O)C[C@H]3C[C@H]4CC[C@H]3C4)cc2)C[C@H](C)O1. The average molecular weight is 407 g/mol. The van der Waals surface area contributed by atoms with Crippen LogP contribution in [0.5, 0.6) is 0 Å². The van der Waals surface area contributed by atoms with Crippen molar-refractivity contribution in [3.8, 4) is 0 Å². The summed E-state index contributed by atoms with van der Waals surface area (Å²) in [6, 6.07) is 6.51. The zero-order chi connectivity index (χ0) is 19.9. The van der Waals surface area contributed by atoms with Crippen molar-refractivity contribution in [2.75, 3.05) is 18.4 Å². The van der Waals surface area contributed by atoms with Crippen molar-refractivity contribution in [1.82, 2.24) is 4.31 Å². The molecule has 2 aliphatic carbocycles. The molecule has 1 aromatic rings. The number of carbonyl (C=O) groups excluding carboxylic acids is 1. The lowest BCUT2D eigenvalue weighted by molar-refractivity contribution is -0.117. The van der Waals surface area contributed by atoms with Crippen molar-refractivity contribution < 1.29 is 17.9 Å². The van der Waals surface area contributed by atoms with E-state index < -0.39 is 10.0 Å². The van der Waals surface area contributed by atoms with E-state index in [1.165, 1.54) is 30.0 Å². The molecule has 6 nitrogen and oxygen atoms in total. The molecule has 2 saturated carbocycles. The summed E-state index contributed by atoms with van der Waals surface area (Å²) in [4.78, 5) is 12.6. The molecule has 3 aliphatic rings. The van der Waals surface area contributed by atoms with E-state index in [4.69, 9.17) is 4.74 Å². The monoisotopic (exact) mass is 406 g/mol. The predicted octanol–water partition coefficient (Wildman–Crippen LogP) is 3.25. The summed E-state index contributed by atoms with van der Waals surface area (Å²) in [5.74, 6) is 2.10. The molecule has 0 unspecified atom stereocenters. The van der Waals surface area contributed by atoms with Crippen molar-refractivity contribution in [1.29, 1.82) is 0 Å². The van der Waals surface area contributed by atoms with Crippen molar-refractivity contribution in [3.63, 3.8) is 0 Å². The van der Waals surface area contributed by atoms with Crippen LogP contribution in [0.4, 0.5) is 5.69 Å². The van der Waals surface area contributed by atoms with Crippen molar-refractivity contribution in [2.45, 2.75) is 63.1 Å². The average Bonchev–Trinajstić information content (AvgIpc) is 3.24. The summed E-state index contributed by atoms with van der Waals surface area (Å²) in [6.07, 6.45) is 5.42.